The number of carboxylic acids is 1. The summed E-state index contributed by atoms with van der Waals surface area (Å²) < 4.78 is 11.8. The lowest BCUT2D eigenvalue weighted by Crippen LogP contribution is -2.72. The number of pyridine rings is 1. The predicted molar refractivity (Wildman–Crippen MR) is 194 cm³/mol. The van der Waals surface area contributed by atoms with Crippen LogP contribution in [-0.2, 0) is 34.5 Å². The largest absolute Gasteiger partial charge is 0.477 e. The Balaban J connectivity index is 1.41. The number of hydrogen-bond acceptors (Lipinski definition) is 12. The lowest BCUT2D eigenvalue weighted by molar-refractivity contribution is -0.789. The van der Waals surface area contributed by atoms with Crippen LogP contribution >= 0.6 is 23.3 Å². The number of ether oxygens (including phenoxy) is 1. The molecule has 4 heterocycles. The summed E-state index contributed by atoms with van der Waals surface area (Å²) in [5, 5.41) is 16.1. The second-order valence-electron chi connectivity index (χ2n) is 12.9. The third kappa shape index (κ3) is 9.84. The highest BCUT2D eigenvalue weighted by Gasteiger charge is 2.59. The van der Waals surface area contributed by atoms with Gasteiger partial charge in [0.05, 0.1) is 5.57 Å². The lowest BCUT2D eigenvalue weighted by Gasteiger charge is -2.50. The standard InChI is InChI=1S/C35H49N7O7S2/c1-5-17-23(6-2)18-13-10-8-7-9-11-14-19-25(43)49-35(3,41-20-15-12-16-21-41)24-22-50-32-27(31(45)42(32)28(24)33(46)47)37-30(44)26(39-48-4)29-38-34(36)51-40-29/h12,15-16,20-21,23,27,32H,5-11,13-14,17-19,22H2,1-4H3,(H3-,36,37,38,40,44,46,47)/p+1/b39-26+/t23?,27?,32-,35?/m1/s1. The number of anilines is 1. The van der Waals surface area contributed by atoms with E-state index in [2.05, 4.69) is 33.7 Å². The maximum absolute atomic E-state index is 13.5. The summed E-state index contributed by atoms with van der Waals surface area (Å²) in [5.74, 6) is -2.36. The molecule has 2 aliphatic rings. The number of aliphatic carboxylic acids is 1. The molecule has 2 amide bonds. The molecule has 0 radical (unpaired) electrons. The number of nitrogen functional groups attached to an aromatic ring is 1. The van der Waals surface area contributed by atoms with E-state index in [1.54, 1.807) is 42.1 Å². The van der Waals surface area contributed by atoms with E-state index in [0.717, 1.165) is 41.6 Å². The summed E-state index contributed by atoms with van der Waals surface area (Å²) in [7, 11) is 1.25. The number of aromatic nitrogens is 3. The highest BCUT2D eigenvalue weighted by atomic mass is 32.2. The molecule has 51 heavy (non-hydrogen) atoms. The minimum atomic E-state index is -1.54. The van der Waals surface area contributed by atoms with Crippen LogP contribution in [0.4, 0.5) is 5.13 Å². The van der Waals surface area contributed by atoms with E-state index in [9.17, 15) is 24.3 Å². The third-order valence-corrected chi connectivity index (χ3v) is 11.2. The van der Waals surface area contributed by atoms with Crippen molar-refractivity contribution in [3.05, 3.63) is 47.7 Å². The number of thioether (sulfide) groups is 1. The zero-order valence-corrected chi connectivity index (χ0v) is 31.5. The van der Waals surface area contributed by atoms with Gasteiger partial charge in [0.25, 0.3) is 11.8 Å². The van der Waals surface area contributed by atoms with E-state index < -0.39 is 40.9 Å². The third-order valence-electron chi connectivity index (χ3n) is 9.36. The molecule has 0 spiro atoms. The Bertz CT molecular complexity index is 1580. The van der Waals surface area contributed by atoms with Crippen LogP contribution in [0.2, 0.25) is 0 Å². The number of carboxylic acid groups (broad SMARTS) is 1. The van der Waals surface area contributed by atoms with Gasteiger partial charge in [-0.3, -0.25) is 19.3 Å². The van der Waals surface area contributed by atoms with Gasteiger partial charge in [0.15, 0.2) is 17.5 Å². The summed E-state index contributed by atoms with van der Waals surface area (Å²) in [6.07, 6.45) is 16.1. The summed E-state index contributed by atoms with van der Waals surface area (Å²) >= 11 is 2.12. The second-order valence-corrected chi connectivity index (χ2v) is 14.8. The smallest absolute Gasteiger partial charge is 0.353 e. The van der Waals surface area contributed by atoms with Gasteiger partial charge < -0.3 is 25.7 Å². The summed E-state index contributed by atoms with van der Waals surface area (Å²) in [5.41, 5.74) is 3.78. The van der Waals surface area contributed by atoms with E-state index in [0.29, 0.717) is 6.42 Å². The van der Waals surface area contributed by atoms with Crippen molar-refractivity contribution in [2.24, 2.45) is 11.1 Å². The van der Waals surface area contributed by atoms with Crippen molar-refractivity contribution in [1.29, 1.82) is 0 Å². The number of hydrogen-bond donors (Lipinski definition) is 3. The molecule has 16 heteroatoms. The Morgan fingerprint density at radius 3 is 2.41 bits per heavy atom. The number of rotatable bonds is 21. The van der Waals surface area contributed by atoms with Crippen molar-refractivity contribution in [2.45, 2.75) is 115 Å². The summed E-state index contributed by atoms with van der Waals surface area (Å²) in [6.45, 7) is 6.17. The highest BCUT2D eigenvalue weighted by molar-refractivity contribution is 8.00. The van der Waals surface area contributed by atoms with Gasteiger partial charge >= 0.3 is 17.7 Å². The first-order chi connectivity index (χ1) is 24.5. The molecule has 1 fully saturated rings. The topological polar surface area (TPSA) is 190 Å². The zero-order valence-electron chi connectivity index (χ0n) is 29.8. The summed E-state index contributed by atoms with van der Waals surface area (Å²) in [4.78, 5) is 62.7. The molecule has 4 atom stereocenters. The Kier molecular flexibility index (Phi) is 14.8. The van der Waals surface area contributed by atoms with Gasteiger partial charge in [-0.25, -0.2) is 4.79 Å². The lowest BCUT2D eigenvalue weighted by atomic mass is 9.94. The van der Waals surface area contributed by atoms with E-state index in [4.69, 9.17) is 15.3 Å². The van der Waals surface area contributed by atoms with Gasteiger partial charge in [0.1, 0.15) is 24.2 Å². The molecule has 0 saturated carbocycles. The fourth-order valence-electron chi connectivity index (χ4n) is 6.56. The minimum absolute atomic E-state index is 0.0686. The fourth-order valence-corrected chi connectivity index (χ4v) is 8.47. The molecule has 2 aromatic rings. The minimum Gasteiger partial charge on any atom is -0.477 e. The van der Waals surface area contributed by atoms with Crippen LogP contribution in [-0.4, -0.2) is 73.1 Å². The average Bonchev–Trinajstić information content (AvgIpc) is 3.56. The van der Waals surface area contributed by atoms with Gasteiger partial charge in [-0.2, -0.15) is 13.9 Å². The molecular weight excluding hydrogens is 695 g/mol. The van der Waals surface area contributed by atoms with Crippen molar-refractivity contribution in [3.63, 3.8) is 0 Å². The molecule has 1 saturated heterocycles. The number of carbonyl (C=O) groups is 4. The monoisotopic (exact) mass is 744 g/mol. The number of unbranched alkanes of at least 4 members (excludes halogenated alkanes) is 6. The molecular formula is C35H50N7O7S2+. The van der Waals surface area contributed by atoms with Crippen LogP contribution in [0.25, 0.3) is 0 Å². The number of carbonyl (C=O) groups excluding carboxylic acids is 3. The number of β-lactam (4-membered cyclic amide) rings is 1. The zero-order chi connectivity index (χ0) is 37.0. The van der Waals surface area contributed by atoms with Crippen molar-refractivity contribution in [1.82, 2.24) is 19.6 Å². The van der Waals surface area contributed by atoms with Crippen molar-refractivity contribution < 1.29 is 38.4 Å². The Morgan fingerprint density at radius 1 is 1.12 bits per heavy atom. The van der Waals surface area contributed by atoms with E-state index in [-0.39, 0.29) is 40.1 Å². The van der Waals surface area contributed by atoms with Crippen molar-refractivity contribution in [3.8, 4) is 0 Å². The molecule has 0 aliphatic carbocycles. The normalized spacial score (nSPS) is 19.1. The SMILES string of the molecule is CCCC(CC)CCCCCCCCCC(=O)OC(C)(C1=C(C(=O)O)N2C(=O)C(NC(=O)/C(=N/OC)c3nsc(N)n3)[C@H]2SC1)[n+]1ccccc1. The van der Waals surface area contributed by atoms with Gasteiger partial charge in [0.2, 0.25) is 11.5 Å². The van der Waals surface area contributed by atoms with Crippen LogP contribution in [0.5, 0.6) is 0 Å². The van der Waals surface area contributed by atoms with E-state index in [1.165, 1.54) is 63.8 Å². The second kappa shape index (κ2) is 19.0. The van der Waals surface area contributed by atoms with Crippen LogP contribution in [0, 0.1) is 5.92 Å². The summed E-state index contributed by atoms with van der Waals surface area (Å²) in [6, 6.07) is 4.24. The Morgan fingerprint density at radius 2 is 1.80 bits per heavy atom. The number of fused-ring (bicyclic) bond motifs is 1. The van der Waals surface area contributed by atoms with Gasteiger partial charge in [0, 0.05) is 42.8 Å². The van der Waals surface area contributed by atoms with Crippen molar-refractivity contribution >= 4 is 57.9 Å². The average molecular weight is 745 g/mol. The molecule has 3 unspecified atom stereocenters. The molecule has 4 N–H and O–H groups in total. The molecule has 278 valence electrons. The van der Waals surface area contributed by atoms with Gasteiger partial charge in [-0.15, -0.1) is 11.8 Å². The number of oxime groups is 1. The number of nitrogens with one attached hydrogen (secondary N) is 1. The van der Waals surface area contributed by atoms with E-state index in [1.807, 2.05) is 0 Å². The number of esters is 1. The number of nitrogens with zero attached hydrogens (tertiary/aromatic N) is 5. The van der Waals surface area contributed by atoms with Crippen molar-refractivity contribution in [2.75, 3.05) is 18.6 Å². The highest BCUT2D eigenvalue weighted by Crippen LogP contribution is 2.44. The maximum atomic E-state index is 13.5. The molecule has 0 bridgehead atoms. The molecule has 2 aromatic heterocycles. The maximum Gasteiger partial charge on any atom is 0.353 e. The van der Waals surface area contributed by atoms with Crippen LogP contribution in [0.15, 0.2) is 47.0 Å². The first kappa shape index (κ1) is 39.7. The van der Waals surface area contributed by atoms with Crippen LogP contribution < -0.4 is 15.6 Å². The Hall–Kier alpha value is -4.05. The fraction of sp³-hybridized carbons (Fsp3) is 0.600. The molecule has 2 aliphatic heterocycles. The predicted octanol–water partition coefficient (Wildman–Crippen LogP) is 4.75. The first-order valence-electron chi connectivity index (χ1n) is 17.7. The number of nitrogens with two attached hydrogens (primary N) is 1. The first-order valence-corrected chi connectivity index (χ1v) is 19.5. The number of amides is 2. The van der Waals surface area contributed by atoms with Crippen LogP contribution in [0.3, 0.4) is 0 Å². The molecule has 4 rings (SSSR count). The van der Waals surface area contributed by atoms with Gasteiger partial charge in [-0.05, 0) is 12.3 Å². The van der Waals surface area contributed by atoms with E-state index >= 15 is 0 Å². The molecule has 14 nitrogen and oxygen atoms in total. The quantitative estimate of drug-likeness (QED) is 0.0399. The molecule has 0 aromatic carbocycles. The van der Waals surface area contributed by atoms with Gasteiger partial charge in [-0.1, -0.05) is 89.3 Å². The Labute approximate surface area is 307 Å². The van der Waals surface area contributed by atoms with Crippen LogP contribution in [0.1, 0.15) is 104 Å².